The molecular formula is C13H20FNO2. The average molecular weight is 241 g/mol. The summed E-state index contributed by atoms with van der Waals surface area (Å²) in [5, 5.41) is 13.4. The summed E-state index contributed by atoms with van der Waals surface area (Å²) in [5.41, 5.74) is -0.469. The molecule has 0 aliphatic heterocycles. The zero-order valence-electron chi connectivity index (χ0n) is 10.6. The molecule has 0 heterocycles. The summed E-state index contributed by atoms with van der Waals surface area (Å²) in [6.07, 6.45) is 0.534. The van der Waals surface area contributed by atoms with Gasteiger partial charge in [0.15, 0.2) is 11.6 Å². The average Bonchev–Trinajstić information content (AvgIpc) is 2.29. The zero-order chi connectivity index (χ0) is 12.9. The molecule has 1 unspecified atom stereocenters. The van der Waals surface area contributed by atoms with Crippen molar-refractivity contribution >= 4 is 0 Å². The van der Waals surface area contributed by atoms with Gasteiger partial charge in [-0.25, -0.2) is 4.39 Å². The fraction of sp³-hybridized carbons (Fsp3) is 0.538. The molecule has 0 radical (unpaired) electrons. The Kier molecular flexibility index (Phi) is 4.90. The molecule has 2 N–H and O–H groups in total. The van der Waals surface area contributed by atoms with Crippen molar-refractivity contribution in [2.24, 2.45) is 0 Å². The van der Waals surface area contributed by atoms with Gasteiger partial charge in [-0.2, -0.15) is 0 Å². The Morgan fingerprint density at radius 3 is 2.71 bits per heavy atom. The third-order valence-electron chi connectivity index (χ3n) is 2.81. The van der Waals surface area contributed by atoms with Crippen molar-refractivity contribution in [2.45, 2.75) is 25.9 Å². The van der Waals surface area contributed by atoms with Crippen molar-refractivity contribution in [1.82, 2.24) is 5.32 Å². The van der Waals surface area contributed by atoms with Crippen LogP contribution in [0.3, 0.4) is 0 Å². The number of hydrogen-bond acceptors (Lipinski definition) is 3. The van der Waals surface area contributed by atoms with E-state index in [1.165, 1.54) is 19.2 Å². The standard InChI is InChI=1S/C13H20FNO2/c1-4-15-8-7-13(2,16)10-5-6-12(17-3)11(14)9-10/h5-6,9,15-16H,4,7-8H2,1-3H3. The predicted molar refractivity (Wildman–Crippen MR) is 65.7 cm³/mol. The van der Waals surface area contributed by atoms with Crippen LogP contribution in [0.1, 0.15) is 25.8 Å². The summed E-state index contributed by atoms with van der Waals surface area (Å²) in [6.45, 7) is 5.23. The molecule has 96 valence electrons. The lowest BCUT2D eigenvalue weighted by Crippen LogP contribution is -2.27. The van der Waals surface area contributed by atoms with Crippen LogP contribution in [0.25, 0.3) is 0 Å². The van der Waals surface area contributed by atoms with Crippen molar-refractivity contribution < 1.29 is 14.2 Å². The minimum absolute atomic E-state index is 0.191. The van der Waals surface area contributed by atoms with Crippen molar-refractivity contribution in [2.75, 3.05) is 20.2 Å². The normalized spacial score (nSPS) is 14.4. The maximum Gasteiger partial charge on any atom is 0.165 e. The topological polar surface area (TPSA) is 41.5 Å². The molecule has 4 heteroatoms. The van der Waals surface area contributed by atoms with E-state index < -0.39 is 11.4 Å². The summed E-state index contributed by atoms with van der Waals surface area (Å²) < 4.78 is 18.4. The highest BCUT2D eigenvalue weighted by molar-refractivity contribution is 5.32. The van der Waals surface area contributed by atoms with Crippen molar-refractivity contribution in [1.29, 1.82) is 0 Å². The van der Waals surface area contributed by atoms with Gasteiger partial charge in [0.05, 0.1) is 12.7 Å². The molecule has 0 amide bonds. The first-order valence-corrected chi connectivity index (χ1v) is 5.78. The van der Waals surface area contributed by atoms with Crippen LogP contribution in [0.15, 0.2) is 18.2 Å². The molecule has 1 aromatic rings. The van der Waals surface area contributed by atoms with Crippen LogP contribution in [0.5, 0.6) is 5.75 Å². The Labute approximate surface area is 102 Å². The summed E-state index contributed by atoms with van der Waals surface area (Å²) in [4.78, 5) is 0. The largest absolute Gasteiger partial charge is 0.494 e. The molecule has 0 aliphatic rings. The summed E-state index contributed by atoms with van der Waals surface area (Å²) >= 11 is 0. The van der Waals surface area contributed by atoms with Crippen LogP contribution in [0, 0.1) is 5.82 Å². The first-order valence-electron chi connectivity index (χ1n) is 5.78. The Morgan fingerprint density at radius 2 is 2.18 bits per heavy atom. The van der Waals surface area contributed by atoms with Crippen LogP contribution in [0.4, 0.5) is 4.39 Å². The molecule has 17 heavy (non-hydrogen) atoms. The lowest BCUT2D eigenvalue weighted by Gasteiger charge is -2.24. The number of aliphatic hydroxyl groups is 1. The fourth-order valence-electron chi connectivity index (χ4n) is 1.65. The van der Waals surface area contributed by atoms with Gasteiger partial charge in [-0.15, -0.1) is 0 Å². The molecule has 1 aromatic carbocycles. The van der Waals surface area contributed by atoms with E-state index >= 15 is 0 Å². The highest BCUT2D eigenvalue weighted by Gasteiger charge is 2.23. The number of ether oxygens (including phenoxy) is 1. The molecule has 1 atom stereocenters. The third-order valence-corrected chi connectivity index (χ3v) is 2.81. The van der Waals surface area contributed by atoms with Gasteiger partial charge in [0.1, 0.15) is 0 Å². The van der Waals surface area contributed by atoms with Crippen LogP contribution >= 0.6 is 0 Å². The van der Waals surface area contributed by atoms with Gasteiger partial charge in [0.25, 0.3) is 0 Å². The summed E-state index contributed by atoms with van der Waals surface area (Å²) in [6, 6.07) is 4.55. The quantitative estimate of drug-likeness (QED) is 0.749. The molecular weight excluding hydrogens is 221 g/mol. The number of methoxy groups -OCH3 is 1. The van der Waals surface area contributed by atoms with Gasteiger partial charge in [-0.05, 0) is 44.1 Å². The predicted octanol–water partition coefficient (Wildman–Crippen LogP) is 2.04. The highest BCUT2D eigenvalue weighted by atomic mass is 19.1. The van der Waals surface area contributed by atoms with E-state index in [-0.39, 0.29) is 5.75 Å². The molecule has 0 fully saturated rings. The zero-order valence-corrected chi connectivity index (χ0v) is 10.6. The molecule has 0 aromatic heterocycles. The van der Waals surface area contributed by atoms with E-state index in [1.54, 1.807) is 13.0 Å². The molecule has 0 aliphatic carbocycles. The van der Waals surface area contributed by atoms with Gasteiger partial charge in [0, 0.05) is 0 Å². The molecule has 0 saturated heterocycles. The van der Waals surface area contributed by atoms with Crippen LogP contribution < -0.4 is 10.1 Å². The number of hydrogen-bond donors (Lipinski definition) is 2. The second-order valence-electron chi connectivity index (χ2n) is 4.23. The van der Waals surface area contributed by atoms with Gasteiger partial charge in [-0.1, -0.05) is 13.0 Å². The third kappa shape index (κ3) is 3.68. The first kappa shape index (κ1) is 13.9. The number of benzene rings is 1. The molecule has 0 saturated carbocycles. The minimum Gasteiger partial charge on any atom is -0.494 e. The number of nitrogens with one attached hydrogen (secondary N) is 1. The van der Waals surface area contributed by atoms with Gasteiger partial charge >= 0.3 is 0 Å². The van der Waals surface area contributed by atoms with Crippen LogP contribution in [-0.2, 0) is 5.60 Å². The second-order valence-corrected chi connectivity index (χ2v) is 4.23. The van der Waals surface area contributed by atoms with Crippen molar-refractivity contribution in [3.63, 3.8) is 0 Å². The number of halogens is 1. The van der Waals surface area contributed by atoms with E-state index in [4.69, 9.17) is 4.74 Å². The van der Waals surface area contributed by atoms with E-state index in [9.17, 15) is 9.50 Å². The lowest BCUT2D eigenvalue weighted by atomic mass is 9.92. The summed E-state index contributed by atoms with van der Waals surface area (Å²) in [7, 11) is 1.42. The summed E-state index contributed by atoms with van der Waals surface area (Å²) in [5.74, 6) is -0.259. The van der Waals surface area contributed by atoms with Crippen LogP contribution in [0.2, 0.25) is 0 Å². The molecule has 0 spiro atoms. The van der Waals surface area contributed by atoms with Gasteiger partial charge in [-0.3, -0.25) is 0 Å². The van der Waals surface area contributed by atoms with E-state index in [2.05, 4.69) is 5.32 Å². The number of rotatable bonds is 6. The van der Waals surface area contributed by atoms with Crippen LogP contribution in [-0.4, -0.2) is 25.3 Å². The Morgan fingerprint density at radius 1 is 1.47 bits per heavy atom. The molecule has 1 rings (SSSR count). The Bertz CT molecular complexity index is 366. The van der Waals surface area contributed by atoms with Crippen molar-refractivity contribution in [3.05, 3.63) is 29.6 Å². The van der Waals surface area contributed by atoms with Gasteiger partial charge in [0.2, 0.25) is 0 Å². The first-order chi connectivity index (χ1) is 8.01. The maximum absolute atomic E-state index is 13.5. The Balaban J connectivity index is 2.80. The highest BCUT2D eigenvalue weighted by Crippen LogP contribution is 2.27. The second kappa shape index (κ2) is 5.98. The smallest absolute Gasteiger partial charge is 0.165 e. The van der Waals surface area contributed by atoms with E-state index in [1.807, 2.05) is 6.92 Å². The van der Waals surface area contributed by atoms with Gasteiger partial charge < -0.3 is 15.2 Å². The fourth-order valence-corrected chi connectivity index (χ4v) is 1.65. The SMILES string of the molecule is CCNCCC(C)(O)c1ccc(OC)c(F)c1. The van der Waals surface area contributed by atoms with E-state index in [0.717, 1.165) is 6.54 Å². The van der Waals surface area contributed by atoms with E-state index in [0.29, 0.717) is 18.5 Å². The lowest BCUT2D eigenvalue weighted by molar-refractivity contribution is 0.0478. The monoisotopic (exact) mass is 241 g/mol. The maximum atomic E-state index is 13.5. The molecule has 3 nitrogen and oxygen atoms in total. The minimum atomic E-state index is -1.03. The van der Waals surface area contributed by atoms with Crippen molar-refractivity contribution in [3.8, 4) is 5.75 Å². The Hall–Kier alpha value is -1.13. The molecule has 0 bridgehead atoms.